The zero-order valence-electron chi connectivity index (χ0n) is 12.4. The van der Waals surface area contributed by atoms with E-state index in [1.165, 1.54) is 18.2 Å². The molecule has 0 aromatic carbocycles. The number of hydrogen-bond donors (Lipinski definition) is 1. The number of nitrogens with zero attached hydrogens (tertiary/aromatic N) is 5. The molecule has 1 aliphatic heterocycles. The van der Waals surface area contributed by atoms with E-state index in [0.717, 1.165) is 37.5 Å². The van der Waals surface area contributed by atoms with Crippen LogP contribution in [0.5, 0.6) is 0 Å². The first-order valence-corrected chi connectivity index (χ1v) is 8.55. The minimum absolute atomic E-state index is 0.196. The lowest BCUT2D eigenvalue weighted by Gasteiger charge is -2.08. The van der Waals surface area contributed by atoms with Crippen molar-refractivity contribution in [2.45, 2.75) is 43.9 Å². The van der Waals surface area contributed by atoms with Crippen molar-refractivity contribution in [1.29, 1.82) is 0 Å². The van der Waals surface area contributed by atoms with Crippen LogP contribution in [0.25, 0.3) is 0 Å². The molecule has 8 heteroatoms. The molecule has 0 aliphatic carbocycles. The van der Waals surface area contributed by atoms with Gasteiger partial charge in [-0.1, -0.05) is 18.2 Å². The van der Waals surface area contributed by atoms with Crippen molar-refractivity contribution in [1.82, 2.24) is 30.0 Å². The van der Waals surface area contributed by atoms with Crippen LogP contribution in [0.2, 0.25) is 0 Å². The molecule has 0 radical (unpaired) electrons. The van der Waals surface area contributed by atoms with Gasteiger partial charge in [0.1, 0.15) is 5.82 Å². The van der Waals surface area contributed by atoms with Gasteiger partial charge in [0.25, 0.3) is 5.91 Å². The largest absolute Gasteiger partial charge is 0.345 e. The minimum atomic E-state index is -0.196. The lowest BCUT2D eigenvalue weighted by molar-refractivity contribution is 0.0948. The lowest BCUT2D eigenvalue weighted by Crippen LogP contribution is -2.25. The first-order valence-electron chi connectivity index (χ1n) is 7.33. The van der Waals surface area contributed by atoms with E-state index in [-0.39, 0.29) is 5.91 Å². The highest BCUT2D eigenvalue weighted by Crippen LogP contribution is 2.14. The molecule has 2 aromatic heterocycles. The van der Waals surface area contributed by atoms with Gasteiger partial charge in [0.15, 0.2) is 11.0 Å². The zero-order chi connectivity index (χ0) is 15.4. The number of carbonyl (C=O) groups excluding carboxylic acids is 1. The second-order valence-corrected chi connectivity index (χ2v) is 5.91. The highest BCUT2D eigenvalue weighted by molar-refractivity contribution is 7.98. The zero-order valence-corrected chi connectivity index (χ0v) is 13.3. The van der Waals surface area contributed by atoms with Crippen molar-refractivity contribution in [2.24, 2.45) is 0 Å². The van der Waals surface area contributed by atoms with Crippen molar-refractivity contribution in [3.05, 3.63) is 29.6 Å². The summed E-state index contributed by atoms with van der Waals surface area (Å²) in [5, 5.41) is 11.9. The minimum Gasteiger partial charge on any atom is -0.345 e. The predicted octanol–water partition coefficient (Wildman–Crippen LogP) is 1.45. The van der Waals surface area contributed by atoms with Crippen LogP contribution in [0.15, 0.2) is 17.6 Å². The Morgan fingerprint density at radius 3 is 2.86 bits per heavy atom. The smallest absolute Gasteiger partial charge is 0.254 e. The molecule has 3 heterocycles. The third-order valence-electron chi connectivity index (χ3n) is 3.67. The van der Waals surface area contributed by atoms with E-state index in [2.05, 4.69) is 30.0 Å². The number of aromatic nitrogens is 5. The van der Waals surface area contributed by atoms with Gasteiger partial charge in [-0.3, -0.25) is 4.79 Å². The molecule has 0 saturated carbocycles. The van der Waals surface area contributed by atoms with Gasteiger partial charge < -0.3 is 9.88 Å². The third-order valence-corrected chi connectivity index (χ3v) is 4.24. The van der Waals surface area contributed by atoms with Crippen molar-refractivity contribution >= 4 is 17.7 Å². The third kappa shape index (κ3) is 3.27. The van der Waals surface area contributed by atoms with Crippen LogP contribution >= 0.6 is 11.8 Å². The van der Waals surface area contributed by atoms with Crippen LogP contribution in [-0.2, 0) is 19.5 Å². The summed E-state index contributed by atoms with van der Waals surface area (Å²) in [5.74, 6) is 1.64. The van der Waals surface area contributed by atoms with Crippen LogP contribution in [0.1, 0.15) is 41.3 Å². The molecule has 0 saturated heterocycles. The molecule has 0 bridgehead atoms. The monoisotopic (exact) mass is 318 g/mol. The van der Waals surface area contributed by atoms with E-state index in [4.69, 9.17) is 0 Å². The summed E-state index contributed by atoms with van der Waals surface area (Å²) >= 11 is 1.44. The molecular formula is C14H18N6OS. The molecule has 22 heavy (non-hydrogen) atoms. The van der Waals surface area contributed by atoms with Gasteiger partial charge in [0.05, 0.1) is 12.1 Å². The molecule has 1 N–H and O–H groups in total. The molecule has 116 valence electrons. The van der Waals surface area contributed by atoms with Crippen molar-refractivity contribution < 1.29 is 4.79 Å². The van der Waals surface area contributed by atoms with Crippen LogP contribution in [0, 0.1) is 0 Å². The molecule has 7 nitrogen and oxygen atoms in total. The van der Waals surface area contributed by atoms with E-state index >= 15 is 0 Å². The molecule has 0 atom stereocenters. The van der Waals surface area contributed by atoms with Gasteiger partial charge in [0, 0.05) is 25.4 Å². The van der Waals surface area contributed by atoms with E-state index < -0.39 is 0 Å². The van der Waals surface area contributed by atoms with Crippen LogP contribution < -0.4 is 5.32 Å². The maximum absolute atomic E-state index is 12.1. The van der Waals surface area contributed by atoms with E-state index in [1.807, 2.05) is 6.26 Å². The molecule has 2 aromatic rings. The topological polar surface area (TPSA) is 85.6 Å². The average Bonchev–Trinajstić information content (AvgIpc) is 2.79. The highest BCUT2D eigenvalue weighted by Gasteiger charge is 2.15. The Kier molecular flexibility index (Phi) is 4.67. The van der Waals surface area contributed by atoms with Crippen molar-refractivity contribution in [3.63, 3.8) is 0 Å². The van der Waals surface area contributed by atoms with Crippen molar-refractivity contribution in [2.75, 3.05) is 6.26 Å². The van der Waals surface area contributed by atoms with Crippen LogP contribution in [0.4, 0.5) is 0 Å². The number of hydrogen-bond acceptors (Lipinski definition) is 6. The van der Waals surface area contributed by atoms with Crippen molar-refractivity contribution in [3.8, 4) is 0 Å². The van der Waals surface area contributed by atoms with Gasteiger partial charge in [0.2, 0.25) is 0 Å². The molecule has 1 amide bonds. The molecule has 0 fully saturated rings. The van der Waals surface area contributed by atoms with Crippen LogP contribution in [0.3, 0.4) is 0 Å². The Labute approximate surface area is 133 Å². The maximum atomic E-state index is 12.1. The van der Waals surface area contributed by atoms with E-state index in [9.17, 15) is 4.79 Å². The van der Waals surface area contributed by atoms with Gasteiger partial charge in [-0.15, -0.1) is 10.2 Å². The number of amides is 1. The highest BCUT2D eigenvalue weighted by atomic mass is 32.2. The number of thioether (sulfide) groups is 1. The van der Waals surface area contributed by atoms with Crippen LogP contribution in [-0.4, -0.2) is 36.9 Å². The number of fused-ring (bicyclic) bond motifs is 1. The van der Waals surface area contributed by atoms with Gasteiger partial charge >= 0.3 is 0 Å². The Hall–Kier alpha value is -1.96. The van der Waals surface area contributed by atoms with Gasteiger partial charge in [-0.05, 0) is 19.1 Å². The summed E-state index contributed by atoms with van der Waals surface area (Å²) in [6.07, 6.45) is 9.45. The summed E-state index contributed by atoms with van der Waals surface area (Å²) in [4.78, 5) is 20.3. The predicted molar refractivity (Wildman–Crippen MR) is 82.6 cm³/mol. The number of rotatable bonds is 4. The van der Waals surface area contributed by atoms with Gasteiger partial charge in [-0.25, -0.2) is 9.97 Å². The normalized spacial score (nSPS) is 14.2. The van der Waals surface area contributed by atoms with Gasteiger partial charge in [-0.2, -0.15) is 0 Å². The fraction of sp³-hybridized carbons (Fsp3) is 0.500. The Morgan fingerprint density at radius 2 is 2.09 bits per heavy atom. The number of carbonyl (C=O) groups is 1. The summed E-state index contributed by atoms with van der Waals surface area (Å²) in [6.45, 7) is 1.30. The molecular weight excluding hydrogens is 300 g/mol. The lowest BCUT2D eigenvalue weighted by atomic mass is 10.2. The van der Waals surface area contributed by atoms with E-state index in [0.29, 0.717) is 17.3 Å². The first-order chi connectivity index (χ1) is 10.8. The quantitative estimate of drug-likeness (QED) is 0.678. The Balaban J connectivity index is 1.64. The standard InChI is InChI=1S/C14H18N6OS/c1-22-14-16-7-10(8-17-14)13(21)15-9-12-19-18-11-5-3-2-4-6-20(11)12/h7-8H,2-6,9H2,1H3,(H,15,21). The van der Waals surface area contributed by atoms with E-state index in [1.54, 1.807) is 12.4 Å². The summed E-state index contributed by atoms with van der Waals surface area (Å²) in [5.41, 5.74) is 0.452. The number of nitrogens with one attached hydrogen (secondary N) is 1. The Morgan fingerprint density at radius 1 is 1.27 bits per heavy atom. The molecule has 1 aliphatic rings. The Bertz CT molecular complexity index is 654. The summed E-state index contributed by atoms with van der Waals surface area (Å²) in [6, 6.07) is 0. The molecule has 0 spiro atoms. The number of aryl methyl sites for hydroxylation is 1. The summed E-state index contributed by atoms with van der Waals surface area (Å²) in [7, 11) is 0. The fourth-order valence-corrected chi connectivity index (χ4v) is 2.79. The second-order valence-electron chi connectivity index (χ2n) is 5.14. The fourth-order valence-electron chi connectivity index (χ4n) is 2.48. The molecule has 3 rings (SSSR count). The SMILES string of the molecule is CSc1ncc(C(=O)NCc2nnc3n2CCCCC3)cn1. The average molecular weight is 318 g/mol. The molecule has 0 unspecified atom stereocenters. The second kappa shape index (κ2) is 6.87. The maximum Gasteiger partial charge on any atom is 0.254 e. The first kappa shape index (κ1) is 15.0. The summed E-state index contributed by atoms with van der Waals surface area (Å²) < 4.78 is 2.13.